The average molecular weight is 332 g/mol. The van der Waals surface area contributed by atoms with E-state index in [1.165, 1.54) is 0 Å². The van der Waals surface area contributed by atoms with Gasteiger partial charge >= 0.3 is 0 Å². The maximum atomic E-state index is 12.5. The minimum atomic E-state index is -0.525. The van der Waals surface area contributed by atoms with Gasteiger partial charge in [-0.2, -0.15) is 0 Å². The number of hydrogen-bond donors (Lipinski definition) is 1. The summed E-state index contributed by atoms with van der Waals surface area (Å²) in [4.78, 5) is 32.9. The second kappa shape index (κ2) is 7.61. The number of amides is 2. The SMILES string of the molecule is C[C@@H](NC(=O)[C@@H]1CCCO1)C(=O)N1CCN(c2ccccn2)CC1. The number of hydrogen-bond acceptors (Lipinski definition) is 5. The average Bonchev–Trinajstić information content (AvgIpc) is 3.17. The zero-order valence-corrected chi connectivity index (χ0v) is 14.0. The fourth-order valence-corrected chi connectivity index (χ4v) is 3.12. The number of rotatable bonds is 4. The number of nitrogens with zero attached hydrogens (tertiary/aromatic N) is 3. The van der Waals surface area contributed by atoms with Gasteiger partial charge in [-0.05, 0) is 31.9 Å². The number of nitrogens with one attached hydrogen (secondary N) is 1. The van der Waals surface area contributed by atoms with Crippen molar-refractivity contribution in [1.82, 2.24) is 15.2 Å². The van der Waals surface area contributed by atoms with E-state index >= 15 is 0 Å². The summed E-state index contributed by atoms with van der Waals surface area (Å²) in [5, 5.41) is 2.78. The lowest BCUT2D eigenvalue weighted by Gasteiger charge is -2.36. The van der Waals surface area contributed by atoms with Crippen molar-refractivity contribution < 1.29 is 14.3 Å². The summed E-state index contributed by atoms with van der Waals surface area (Å²) in [7, 11) is 0. The molecule has 2 saturated heterocycles. The molecule has 0 spiro atoms. The van der Waals surface area contributed by atoms with Crippen LogP contribution >= 0.6 is 0 Å². The van der Waals surface area contributed by atoms with Crippen molar-refractivity contribution in [2.75, 3.05) is 37.7 Å². The Morgan fingerprint density at radius 3 is 2.71 bits per heavy atom. The molecule has 0 unspecified atom stereocenters. The van der Waals surface area contributed by atoms with Crippen LogP contribution in [0.4, 0.5) is 5.82 Å². The number of piperazine rings is 1. The van der Waals surface area contributed by atoms with Gasteiger partial charge in [0.15, 0.2) is 0 Å². The second-order valence-electron chi connectivity index (χ2n) is 6.23. The highest BCUT2D eigenvalue weighted by Crippen LogP contribution is 2.14. The highest BCUT2D eigenvalue weighted by molar-refractivity contribution is 5.89. The molecular weight excluding hydrogens is 308 g/mol. The van der Waals surface area contributed by atoms with Gasteiger partial charge in [0.1, 0.15) is 18.0 Å². The van der Waals surface area contributed by atoms with Crippen LogP contribution in [-0.2, 0) is 14.3 Å². The van der Waals surface area contributed by atoms with Crippen LogP contribution in [0.25, 0.3) is 0 Å². The Morgan fingerprint density at radius 1 is 1.29 bits per heavy atom. The van der Waals surface area contributed by atoms with Crippen LogP contribution in [0.3, 0.4) is 0 Å². The van der Waals surface area contributed by atoms with Crippen molar-refractivity contribution in [1.29, 1.82) is 0 Å². The molecule has 1 N–H and O–H groups in total. The van der Waals surface area contributed by atoms with Crippen LogP contribution in [0.2, 0.25) is 0 Å². The zero-order valence-electron chi connectivity index (χ0n) is 14.0. The normalized spacial score (nSPS) is 22.3. The molecule has 130 valence electrons. The zero-order chi connectivity index (χ0) is 16.9. The molecule has 2 aliphatic rings. The van der Waals surface area contributed by atoms with E-state index < -0.39 is 12.1 Å². The van der Waals surface area contributed by atoms with Crippen LogP contribution < -0.4 is 10.2 Å². The first kappa shape index (κ1) is 16.7. The fourth-order valence-electron chi connectivity index (χ4n) is 3.12. The quantitative estimate of drug-likeness (QED) is 0.865. The summed E-state index contributed by atoms with van der Waals surface area (Å²) in [5.41, 5.74) is 0. The maximum Gasteiger partial charge on any atom is 0.249 e. The molecule has 2 amide bonds. The first-order chi connectivity index (χ1) is 11.6. The van der Waals surface area contributed by atoms with Gasteiger partial charge < -0.3 is 19.9 Å². The molecule has 7 nitrogen and oxygen atoms in total. The number of pyridine rings is 1. The van der Waals surface area contributed by atoms with Crippen molar-refractivity contribution >= 4 is 17.6 Å². The molecule has 24 heavy (non-hydrogen) atoms. The molecule has 0 radical (unpaired) electrons. The van der Waals surface area contributed by atoms with Crippen molar-refractivity contribution in [3.8, 4) is 0 Å². The molecule has 3 heterocycles. The highest BCUT2D eigenvalue weighted by Gasteiger charge is 2.29. The van der Waals surface area contributed by atoms with E-state index in [0.717, 1.165) is 31.7 Å². The third-order valence-corrected chi connectivity index (χ3v) is 4.52. The van der Waals surface area contributed by atoms with E-state index in [0.29, 0.717) is 19.7 Å². The summed E-state index contributed by atoms with van der Waals surface area (Å²) in [6.45, 7) is 5.12. The van der Waals surface area contributed by atoms with Crippen LogP contribution in [0.15, 0.2) is 24.4 Å². The predicted octanol–water partition coefficient (Wildman–Crippen LogP) is 0.414. The van der Waals surface area contributed by atoms with Gasteiger partial charge in [0.2, 0.25) is 11.8 Å². The minimum absolute atomic E-state index is 0.0398. The van der Waals surface area contributed by atoms with Gasteiger partial charge in [-0.1, -0.05) is 6.07 Å². The van der Waals surface area contributed by atoms with Crippen molar-refractivity contribution in [3.63, 3.8) is 0 Å². The van der Waals surface area contributed by atoms with Gasteiger partial charge in [0.25, 0.3) is 0 Å². The number of anilines is 1. The van der Waals surface area contributed by atoms with E-state index in [4.69, 9.17) is 4.74 Å². The van der Waals surface area contributed by atoms with Crippen molar-refractivity contribution in [3.05, 3.63) is 24.4 Å². The Kier molecular flexibility index (Phi) is 5.30. The molecule has 0 aliphatic carbocycles. The van der Waals surface area contributed by atoms with Crippen molar-refractivity contribution in [2.45, 2.75) is 31.9 Å². The number of ether oxygens (including phenoxy) is 1. The lowest BCUT2D eigenvalue weighted by atomic mass is 10.2. The third kappa shape index (κ3) is 3.84. The summed E-state index contributed by atoms with van der Waals surface area (Å²) >= 11 is 0. The molecule has 0 saturated carbocycles. The van der Waals surface area contributed by atoms with Crippen molar-refractivity contribution in [2.24, 2.45) is 0 Å². The summed E-state index contributed by atoms with van der Waals surface area (Å²) in [5.74, 6) is 0.715. The van der Waals surface area contributed by atoms with Crippen LogP contribution in [0.5, 0.6) is 0 Å². The molecular formula is C17H24N4O3. The highest BCUT2D eigenvalue weighted by atomic mass is 16.5. The van der Waals surface area contributed by atoms with Crippen LogP contribution in [0, 0.1) is 0 Å². The Bertz CT molecular complexity index is 566. The Balaban J connectivity index is 1.48. The van der Waals surface area contributed by atoms with Gasteiger partial charge in [0, 0.05) is 39.0 Å². The smallest absolute Gasteiger partial charge is 0.249 e. The molecule has 1 aromatic heterocycles. The van der Waals surface area contributed by atoms with Gasteiger partial charge in [0.05, 0.1) is 0 Å². The molecule has 3 rings (SSSR count). The third-order valence-electron chi connectivity index (χ3n) is 4.52. The minimum Gasteiger partial charge on any atom is -0.368 e. The number of aromatic nitrogens is 1. The van der Waals surface area contributed by atoms with Crippen LogP contribution in [-0.4, -0.2) is 66.6 Å². The van der Waals surface area contributed by atoms with E-state index in [2.05, 4.69) is 15.2 Å². The van der Waals surface area contributed by atoms with Gasteiger partial charge in [-0.3, -0.25) is 9.59 Å². The van der Waals surface area contributed by atoms with E-state index in [9.17, 15) is 9.59 Å². The van der Waals surface area contributed by atoms with Gasteiger partial charge in [-0.15, -0.1) is 0 Å². The lowest BCUT2D eigenvalue weighted by Crippen LogP contribution is -2.55. The standard InChI is InChI=1S/C17H24N4O3/c1-13(19-16(22)14-5-4-12-24-14)17(23)21-10-8-20(9-11-21)15-6-2-3-7-18-15/h2-3,6-7,13-14H,4-5,8-12H2,1H3,(H,19,22)/t13-,14+/m1/s1. The topological polar surface area (TPSA) is 74.8 Å². The molecule has 1 aromatic rings. The maximum absolute atomic E-state index is 12.5. The fraction of sp³-hybridized carbons (Fsp3) is 0.588. The Labute approximate surface area is 142 Å². The molecule has 2 atom stereocenters. The van der Waals surface area contributed by atoms with Gasteiger partial charge in [-0.25, -0.2) is 4.98 Å². The summed E-state index contributed by atoms with van der Waals surface area (Å²) < 4.78 is 5.35. The molecule has 0 bridgehead atoms. The predicted molar refractivity (Wildman–Crippen MR) is 89.6 cm³/mol. The first-order valence-corrected chi connectivity index (χ1v) is 8.52. The first-order valence-electron chi connectivity index (χ1n) is 8.52. The number of carbonyl (C=O) groups excluding carboxylic acids is 2. The monoisotopic (exact) mass is 332 g/mol. The molecule has 2 aliphatic heterocycles. The second-order valence-corrected chi connectivity index (χ2v) is 6.23. The van der Waals surface area contributed by atoms with E-state index in [-0.39, 0.29) is 11.8 Å². The Morgan fingerprint density at radius 2 is 2.08 bits per heavy atom. The number of carbonyl (C=O) groups is 2. The molecule has 2 fully saturated rings. The van der Waals surface area contributed by atoms with Crippen LogP contribution in [0.1, 0.15) is 19.8 Å². The summed E-state index contributed by atoms with van der Waals surface area (Å²) in [6.07, 6.45) is 3.00. The van der Waals surface area contributed by atoms with E-state index in [1.807, 2.05) is 18.2 Å². The largest absolute Gasteiger partial charge is 0.368 e. The molecule has 0 aromatic carbocycles. The lowest BCUT2D eigenvalue weighted by molar-refractivity contribution is -0.139. The van der Waals surface area contributed by atoms with E-state index in [1.54, 1.807) is 18.0 Å². The molecule has 7 heteroatoms. The Hall–Kier alpha value is -2.15. The summed E-state index contributed by atoms with van der Waals surface area (Å²) in [6, 6.07) is 5.30.